The van der Waals surface area contributed by atoms with Crippen molar-refractivity contribution < 1.29 is 9.84 Å². The lowest BCUT2D eigenvalue weighted by molar-refractivity contribution is 0.122. The van der Waals surface area contributed by atoms with Gasteiger partial charge in [-0.25, -0.2) is 4.98 Å². The zero-order chi connectivity index (χ0) is 16.5. The van der Waals surface area contributed by atoms with Gasteiger partial charge >= 0.3 is 0 Å². The topological polar surface area (TPSA) is 45.6 Å². The molecule has 1 saturated heterocycles. The van der Waals surface area contributed by atoms with Gasteiger partial charge in [-0.1, -0.05) is 23.8 Å². The van der Waals surface area contributed by atoms with E-state index in [2.05, 4.69) is 30.0 Å². The molecule has 1 N–H and O–H groups in total. The van der Waals surface area contributed by atoms with Gasteiger partial charge in [-0.15, -0.1) is 0 Å². The van der Waals surface area contributed by atoms with Crippen molar-refractivity contribution in [3.05, 3.63) is 54.1 Å². The van der Waals surface area contributed by atoms with Crippen LogP contribution in [0.1, 0.15) is 5.56 Å². The zero-order valence-corrected chi connectivity index (χ0v) is 13.7. The van der Waals surface area contributed by atoms with Gasteiger partial charge in [0.15, 0.2) is 0 Å². The second-order valence-electron chi connectivity index (χ2n) is 6.20. The normalized spacial score (nSPS) is 15.0. The molecule has 1 aromatic heterocycles. The van der Waals surface area contributed by atoms with E-state index in [1.807, 2.05) is 24.3 Å². The fraction of sp³-hybridized carbons (Fsp3) is 0.250. The average molecular weight is 320 g/mol. The lowest BCUT2D eigenvalue weighted by atomic mass is 10.1. The minimum Gasteiger partial charge on any atom is -0.507 e. The van der Waals surface area contributed by atoms with Gasteiger partial charge in [0.1, 0.15) is 5.75 Å². The molecule has 0 unspecified atom stereocenters. The first-order chi connectivity index (χ1) is 11.7. The first-order valence-corrected chi connectivity index (χ1v) is 8.24. The van der Waals surface area contributed by atoms with Gasteiger partial charge in [0.2, 0.25) is 0 Å². The highest BCUT2D eigenvalue weighted by atomic mass is 16.5. The number of aromatic hydroxyl groups is 1. The molecule has 0 aliphatic carbocycles. The van der Waals surface area contributed by atoms with Gasteiger partial charge in [0.25, 0.3) is 0 Å². The molecule has 1 aliphatic heterocycles. The molecular weight excluding hydrogens is 300 g/mol. The largest absolute Gasteiger partial charge is 0.507 e. The van der Waals surface area contributed by atoms with Crippen LogP contribution in [0.3, 0.4) is 0 Å². The van der Waals surface area contributed by atoms with Crippen molar-refractivity contribution in [1.29, 1.82) is 0 Å². The summed E-state index contributed by atoms with van der Waals surface area (Å²) in [4.78, 5) is 7.01. The summed E-state index contributed by atoms with van der Waals surface area (Å²) in [6, 6.07) is 16.0. The number of morpholine rings is 1. The molecule has 2 heterocycles. The lowest BCUT2D eigenvalue weighted by Gasteiger charge is -2.29. The molecule has 0 amide bonds. The molecule has 1 fully saturated rings. The Morgan fingerprint density at radius 1 is 1.04 bits per heavy atom. The Balaban J connectivity index is 1.76. The van der Waals surface area contributed by atoms with E-state index in [4.69, 9.17) is 9.72 Å². The number of hydrogen-bond donors (Lipinski definition) is 1. The van der Waals surface area contributed by atoms with Crippen molar-refractivity contribution in [3.63, 3.8) is 0 Å². The molecular formula is C20H20N2O2. The lowest BCUT2D eigenvalue weighted by Crippen LogP contribution is -2.36. The first kappa shape index (κ1) is 15.0. The van der Waals surface area contributed by atoms with Crippen LogP contribution in [0.5, 0.6) is 5.75 Å². The third-order valence-electron chi connectivity index (χ3n) is 4.46. The molecule has 4 nitrogen and oxygen atoms in total. The number of nitrogens with zero attached hydrogens (tertiary/aromatic N) is 2. The van der Waals surface area contributed by atoms with Crippen molar-refractivity contribution in [3.8, 4) is 17.0 Å². The maximum atomic E-state index is 10.5. The van der Waals surface area contributed by atoms with Gasteiger partial charge in [-0.2, -0.15) is 0 Å². The van der Waals surface area contributed by atoms with Gasteiger partial charge < -0.3 is 14.7 Å². The Labute approximate surface area is 141 Å². The highest BCUT2D eigenvalue weighted by Gasteiger charge is 2.13. The minimum atomic E-state index is 0.270. The molecule has 0 spiro atoms. The zero-order valence-electron chi connectivity index (χ0n) is 13.7. The van der Waals surface area contributed by atoms with Gasteiger partial charge in [-0.3, -0.25) is 0 Å². The molecule has 2 aromatic carbocycles. The van der Waals surface area contributed by atoms with Crippen LogP contribution in [-0.4, -0.2) is 36.4 Å². The third-order valence-corrected chi connectivity index (χ3v) is 4.46. The maximum absolute atomic E-state index is 10.5. The SMILES string of the molecule is Cc1cccc(-c2cc(O)c3cc(N4CCOCC4)ccc3n2)c1. The van der Waals surface area contributed by atoms with Crippen LogP contribution in [0, 0.1) is 6.92 Å². The molecule has 4 rings (SSSR count). The monoisotopic (exact) mass is 320 g/mol. The van der Waals surface area contributed by atoms with Crippen LogP contribution in [-0.2, 0) is 4.74 Å². The molecule has 3 aromatic rings. The summed E-state index contributed by atoms with van der Waals surface area (Å²) in [6.07, 6.45) is 0. The smallest absolute Gasteiger partial charge is 0.127 e. The van der Waals surface area contributed by atoms with Crippen molar-refractivity contribution in [1.82, 2.24) is 4.98 Å². The molecule has 0 radical (unpaired) electrons. The second kappa shape index (κ2) is 6.13. The molecule has 24 heavy (non-hydrogen) atoms. The van der Waals surface area contributed by atoms with Crippen LogP contribution in [0.15, 0.2) is 48.5 Å². The number of rotatable bonds is 2. The summed E-state index contributed by atoms with van der Waals surface area (Å²) in [6.45, 7) is 5.30. The Morgan fingerprint density at radius 2 is 1.88 bits per heavy atom. The molecule has 122 valence electrons. The van der Waals surface area contributed by atoms with Gasteiger partial charge in [0.05, 0.1) is 24.4 Å². The molecule has 4 heteroatoms. The van der Waals surface area contributed by atoms with Crippen LogP contribution in [0.4, 0.5) is 5.69 Å². The summed E-state index contributed by atoms with van der Waals surface area (Å²) in [7, 11) is 0. The number of fused-ring (bicyclic) bond motifs is 1. The highest BCUT2D eigenvalue weighted by molar-refractivity contribution is 5.90. The highest BCUT2D eigenvalue weighted by Crippen LogP contribution is 2.32. The predicted molar refractivity (Wildman–Crippen MR) is 96.6 cm³/mol. The van der Waals surface area contributed by atoms with Crippen molar-refractivity contribution in [2.24, 2.45) is 0 Å². The van der Waals surface area contributed by atoms with Crippen LogP contribution in [0.2, 0.25) is 0 Å². The van der Waals surface area contributed by atoms with Gasteiger partial charge in [0, 0.05) is 35.8 Å². The van der Waals surface area contributed by atoms with E-state index in [0.717, 1.165) is 54.2 Å². The molecule has 0 atom stereocenters. The summed E-state index contributed by atoms with van der Waals surface area (Å²) >= 11 is 0. The summed E-state index contributed by atoms with van der Waals surface area (Å²) in [5.41, 5.74) is 4.90. The minimum absolute atomic E-state index is 0.270. The Morgan fingerprint density at radius 3 is 2.67 bits per heavy atom. The summed E-state index contributed by atoms with van der Waals surface area (Å²) in [5, 5.41) is 11.3. The Kier molecular flexibility index (Phi) is 3.82. The van der Waals surface area contributed by atoms with Crippen LogP contribution >= 0.6 is 0 Å². The maximum Gasteiger partial charge on any atom is 0.127 e. The second-order valence-corrected chi connectivity index (χ2v) is 6.20. The first-order valence-electron chi connectivity index (χ1n) is 8.24. The predicted octanol–water partition coefficient (Wildman–Crippen LogP) is 3.75. The quantitative estimate of drug-likeness (QED) is 0.781. The fourth-order valence-electron chi connectivity index (χ4n) is 3.17. The molecule has 1 aliphatic rings. The summed E-state index contributed by atoms with van der Waals surface area (Å²) < 4.78 is 5.40. The van der Waals surface area contributed by atoms with E-state index in [-0.39, 0.29) is 5.75 Å². The number of aryl methyl sites for hydroxylation is 1. The van der Waals surface area contributed by atoms with Crippen LogP contribution < -0.4 is 4.90 Å². The Bertz CT molecular complexity index is 886. The van der Waals surface area contributed by atoms with E-state index in [1.54, 1.807) is 6.07 Å². The summed E-state index contributed by atoms with van der Waals surface area (Å²) in [5.74, 6) is 0.270. The van der Waals surface area contributed by atoms with E-state index in [9.17, 15) is 5.11 Å². The number of anilines is 1. The number of pyridine rings is 1. The fourth-order valence-corrected chi connectivity index (χ4v) is 3.17. The molecule has 0 bridgehead atoms. The van der Waals surface area contributed by atoms with Crippen LogP contribution in [0.25, 0.3) is 22.2 Å². The average Bonchev–Trinajstić information content (AvgIpc) is 2.62. The van der Waals surface area contributed by atoms with E-state index >= 15 is 0 Å². The van der Waals surface area contributed by atoms with Crippen molar-refractivity contribution >= 4 is 16.6 Å². The van der Waals surface area contributed by atoms with E-state index in [1.165, 1.54) is 5.56 Å². The number of hydrogen-bond acceptors (Lipinski definition) is 4. The van der Waals surface area contributed by atoms with Crippen molar-refractivity contribution in [2.75, 3.05) is 31.2 Å². The number of ether oxygens (including phenoxy) is 1. The number of aromatic nitrogens is 1. The standard InChI is InChI=1S/C20H20N2O2/c1-14-3-2-4-15(11-14)19-13-20(23)17-12-16(5-6-18(17)21-19)22-7-9-24-10-8-22/h2-6,11-13H,7-10H2,1H3,(H,21,23). The van der Waals surface area contributed by atoms with Gasteiger partial charge in [-0.05, 0) is 31.2 Å². The number of benzene rings is 2. The third kappa shape index (κ3) is 2.81. The van der Waals surface area contributed by atoms with Crippen molar-refractivity contribution in [2.45, 2.75) is 6.92 Å². The molecule has 0 saturated carbocycles. The van der Waals surface area contributed by atoms with E-state index < -0.39 is 0 Å². The van der Waals surface area contributed by atoms with E-state index in [0.29, 0.717) is 0 Å². The Hall–Kier alpha value is -2.59.